The molecular formula is C20H30Cl2Ti. The maximum absolute atomic E-state index is 2.23. The van der Waals surface area contributed by atoms with E-state index in [9.17, 15) is 0 Å². The van der Waals surface area contributed by atoms with Crippen molar-refractivity contribution in [3.05, 3.63) is 58.7 Å². The monoisotopic (exact) mass is 388 g/mol. The summed E-state index contributed by atoms with van der Waals surface area (Å²) in [5.74, 6) is 0. The Bertz CT molecular complexity index is 427. The van der Waals surface area contributed by atoms with Gasteiger partial charge in [-0.2, -0.15) is 34.4 Å². The van der Waals surface area contributed by atoms with Crippen molar-refractivity contribution in [3.8, 4) is 0 Å². The zero-order chi connectivity index (χ0) is 14.8. The van der Waals surface area contributed by atoms with Crippen molar-refractivity contribution >= 4 is 0 Å². The van der Waals surface area contributed by atoms with E-state index in [4.69, 9.17) is 0 Å². The van der Waals surface area contributed by atoms with Crippen molar-refractivity contribution in [2.24, 2.45) is 0 Å². The molecule has 2 rings (SSSR count). The summed E-state index contributed by atoms with van der Waals surface area (Å²) in [7, 11) is 0. The first kappa shape index (κ1) is 27.8. The molecule has 3 heteroatoms. The van der Waals surface area contributed by atoms with Crippen LogP contribution in [-0.2, 0) is 34.6 Å². The number of hydrogen-bond acceptors (Lipinski definition) is 0. The maximum atomic E-state index is 2.23. The SMILES string of the molecule is CCCCc1ccc[c-]1C.CCCCc1ccc[c-]1C.[Cl-].[Cl-].[Ti+4]. The van der Waals surface area contributed by atoms with Crippen molar-refractivity contribution in [2.45, 2.75) is 66.2 Å². The van der Waals surface area contributed by atoms with E-state index in [-0.39, 0.29) is 46.5 Å². The fraction of sp³-hybridized carbons (Fsp3) is 0.500. The van der Waals surface area contributed by atoms with Crippen LogP contribution < -0.4 is 24.8 Å². The van der Waals surface area contributed by atoms with Crippen molar-refractivity contribution in [2.75, 3.05) is 0 Å². The van der Waals surface area contributed by atoms with Gasteiger partial charge in [0.1, 0.15) is 0 Å². The molecule has 0 amide bonds. The Labute approximate surface area is 170 Å². The van der Waals surface area contributed by atoms with Gasteiger partial charge in [-0.15, -0.1) is 0 Å². The first-order valence-corrected chi connectivity index (χ1v) is 8.11. The molecule has 0 nitrogen and oxygen atoms in total. The molecule has 0 aliphatic heterocycles. The summed E-state index contributed by atoms with van der Waals surface area (Å²) in [4.78, 5) is 0. The molecule has 0 N–H and O–H groups in total. The minimum Gasteiger partial charge on any atom is -1.00 e. The second-order valence-corrected chi connectivity index (χ2v) is 5.68. The summed E-state index contributed by atoms with van der Waals surface area (Å²) in [6.45, 7) is 8.84. The molecular weight excluding hydrogens is 359 g/mol. The van der Waals surface area contributed by atoms with Crippen LogP contribution in [0.25, 0.3) is 0 Å². The van der Waals surface area contributed by atoms with E-state index in [1.54, 1.807) is 0 Å². The zero-order valence-electron chi connectivity index (χ0n) is 15.0. The molecule has 23 heavy (non-hydrogen) atoms. The first-order valence-electron chi connectivity index (χ1n) is 8.11. The predicted molar refractivity (Wildman–Crippen MR) is 90.8 cm³/mol. The van der Waals surface area contributed by atoms with Crippen LogP contribution in [0.1, 0.15) is 61.8 Å². The topological polar surface area (TPSA) is 0 Å². The average molecular weight is 389 g/mol. The summed E-state index contributed by atoms with van der Waals surface area (Å²) in [6.07, 6.45) is 7.76. The van der Waals surface area contributed by atoms with E-state index < -0.39 is 0 Å². The van der Waals surface area contributed by atoms with Gasteiger partial charge in [-0.25, -0.2) is 24.3 Å². The molecule has 0 saturated heterocycles. The van der Waals surface area contributed by atoms with E-state index >= 15 is 0 Å². The van der Waals surface area contributed by atoms with E-state index in [0.717, 1.165) is 0 Å². The van der Waals surface area contributed by atoms with Gasteiger partial charge in [-0.05, 0) is 0 Å². The molecule has 128 valence electrons. The molecule has 0 aromatic heterocycles. The molecule has 0 aliphatic rings. The Hall–Kier alpha value is -0.00571. The van der Waals surface area contributed by atoms with Crippen molar-refractivity contribution < 1.29 is 46.5 Å². The fourth-order valence-electron chi connectivity index (χ4n) is 2.39. The minimum atomic E-state index is 0. The summed E-state index contributed by atoms with van der Waals surface area (Å²) >= 11 is 0. The quantitative estimate of drug-likeness (QED) is 0.487. The standard InChI is InChI=1S/2C10H15.2ClH.Ti/c2*1-3-4-7-10-8-5-6-9(10)2;;;/h2*5-6,8H,3-4,7H2,1-2H3;2*1H;/q2*-1;;;+4/p-2. The summed E-state index contributed by atoms with van der Waals surface area (Å²) in [5.41, 5.74) is 5.96. The molecule has 0 saturated carbocycles. The summed E-state index contributed by atoms with van der Waals surface area (Å²) in [5, 5.41) is 0. The Balaban J connectivity index is -0.000000308. The number of rotatable bonds is 6. The predicted octanol–water partition coefficient (Wildman–Crippen LogP) is 0.119. The van der Waals surface area contributed by atoms with Gasteiger partial charge in [0.15, 0.2) is 0 Å². The molecule has 0 unspecified atom stereocenters. The second kappa shape index (κ2) is 16.8. The normalized spacial score (nSPS) is 8.87. The van der Waals surface area contributed by atoms with Gasteiger partial charge in [0.05, 0.1) is 0 Å². The van der Waals surface area contributed by atoms with Crippen LogP contribution in [0.2, 0.25) is 0 Å². The van der Waals surface area contributed by atoms with Gasteiger partial charge in [0, 0.05) is 0 Å². The molecule has 2 aromatic rings. The second-order valence-electron chi connectivity index (χ2n) is 5.68. The average Bonchev–Trinajstić information content (AvgIpc) is 3.04. The third-order valence-corrected chi connectivity index (χ3v) is 3.90. The van der Waals surface area contributed by atoms with Gasteiger partial charge < -0.3 is 24.8 Å². The molecule has 0 heterocycles. The molecule has 0 radical (unpaired) electrons. The first-order chi connectivity index (χ1) is 9.69. The smallest absolute Gasteiger partial charge is 1.00 e. The molecule has 0 bridgehead atoms. The van der Waals surface area contributed by atoms with Gasteiger partial charge in [-0.3, -0.25) is 0 Å². The van der Waals surface area contributed by atoms with Gasteiger partial charge in [-0.1, -0.05) is 66.2 Å². The number of unbranched alkanes of at least 4 members (excludes halogenated alkanes) is 2. The third kappa shape index (κ3) is 11.2. The van der Waals surface area contributed by atoms with Crippen LogP contribution in [0.5, 0.6) is 0 Å². The fourth-order valence-corrected chi connectivity index (χ4v) is 2.39. The van der Waals surface area contributed by atoms with Crippen molar-refractivity contribution in [1.82, 2.24) is 0 Å². The molecule has 0 fully saturated rings. The van der Waals surface area contributed by atoms with Crippen LogP contribution in [-0.4, -0.2) is 0 Å². The Morgan fingerprint density at radius 2 is 1.09 bits per heavy atom. The van der Waals surface area contributed by atoms with Crippen molar-refractivity contribution in [1.29, 1.82) is 0 Å². The van der Waals surface area contributed by atoms with Crippen LogP contribution in [0, 0.1) is 13.8 Å². The zero-order valence-corrected chi connectivity index (χ0v) is 18.0. The molecule has 0 atom stereocenters. The van der Waals surface area contributed by atoms with Gasteiger partial charge in [0.25, 0.3) is 0 Å². The number of hydrogen-bond donors (Lipinski definition) is 0. The van der Waals surface area contributed by atoms with Crippen LogP contribution in [0.4, 0.5) is 0 Å². The minimum absolute atomic E-state index is 0. The van der Waals surface area contributed by atoms with E-state index in [2.05, 4.69) is 64.1 Å². The van der Waals surface area contributed by atoms with Gasteiger partial charge in [0.2, 0.25) is 0 Å². The van der Waals surface area contributed by atoms with Crippen LogP contribution >= 0.6 is 0 Å². The Morgan fingerprint density at radius 3 is 1.30 bits per heavy atom. The summed E-state index contributed by atoms with van der Waals surface area (Å²) in [6, 6.07) is 13.1. The van der Waals surface area contributed by atoms with E-state index in [1.807, 2.05) is 0 Å². The largest absolute Gasteiger partial charge is 4.00 e. The van der Waals surface area contributed by atoms with E-state index in [0.29, 0.717) is 0 Å². The molecule has 0 spiro atoms. The van der Waals surface area contributed by atoms with E-state index in [1.165, 1.54) is 60.8 Å². The Morgan fingerprint density at radius 1 is 0.739 bits per heavy atom. The Kier molecular flexibility index (Phi) is 20.4. The van der Waals surface area contributed by atoms with Crippen LogP contribution in [0.15, 0.2) is 36.4 Å². The van der Waals surface area contributed by atoms with Crippen LogP contribution in [0.3, 0.4) is 0 Å². The third-order valence-electron chi connectivity index (χ3n) is 3.90. The number of aryl methyl sites for hydroxylation is 4. The maximum Gasteiger partial charge on any atom is 4.00 e. The molecule has 2 aromatic carbocycles. The van der Waals surface area contributed by atoms with Crippen molar-refractivity contribution in [3.63, 3.8) is 0 Å². The van der Waals surface area contributed by atoms with Gasteiger partial charge >= 0.3 is 21.7 Å². The number of halogens is 2. The summed E-state index contributed by atoms with van der Waals surface area (Å²) < 4.78 is 0. The molecule has 0 aliphatic carbocycles.